The van der Waals surface area contributed by atoms with Crippen LogP contribution in [0.15, 0.2) is 11.6 Å². The van der Waals surface area contributed by atoms with Crippen molar-refractivity contribution in [1.29, 1.82) is 0 Å². The molecule has 2 aliphatic rings. The molecule has 0 amide bonds. The van der Waals surface area contributed by atoms with Gasteiger partial charge in [0, 0.05) is 32.8 Å². The maximum Gasteiger partial charge on any atom is 0.282 e. The molecular formula is C13H24N2O4S. The number of methoxy groups -OCH3 is 1. The van der Waals surface area contributed by atoms with Crippen LogP contribution in [0.25, 0.3) is 0 Å². The molecule has 1 unspecified atom stereocenters. The van der Waals surface area contributed by atoms with Crippen molar-refractivity contribution in [3.63, 3.8) is 0 Å². The Hall–Kier alpha value is -0.470. The fourth-order valence-electron chi connectivity index (χ4n) is 2.83. The van der Waals surface area contributed by atoms with Gasteiger partial charge >= 0.3 is 0 Å². The number of nitrogens with zero attached hydrogens (tertiary/aromatic N) is 2. The van der Waals surface area contributed by atoms with E-state index in [0.717, 1.165) is 24.8 Å². The van der Waals surface area contributed by atoms with Crippen molar-refractivity contribution in [2.45, 2.75) is 31.7 Å². The van der Waals surface area contributed by atoms with Crippen molar-refractivity contribution in [1.82, 2.24) is 8.61 Å². The van der Waals surface area contributed by atoms with Crippen LogP contribution in [0, 0.1) is 0 Å². The minimum absolute atomic E-state index is 0.0994. The molecule has 116 valence electrons. The Kier molecular flexibility index (Phi) is 5.57. The van der Waals surface area contributed by atoms with Crippen LogP contribution in [0.1, 0.15) is 25.7 Å². The van der Waals surface area contributed by atoms with E-state index < -0.39 is 10.2 Å². The van der Waals surface area contributed by atoms with Gasteiger partial charge in [-0.25, -0.2) is 0 Å². The Morgan fingerprint density at radius 3 is 2.80 bits per heavy atom. The molecule has 1 N–H and O–H groups in total. The van der Waals surface area contributed by atoms with Gasteiger partial charge in [0.25, 0.3) is 10.2 Å². The summed E-state index contributed by atoms with van der Waals surface area (Å²) in [6.07, 6.45) is 5.24. The lowest BCUT2D eigenvalue weighted by Gasteiger charge is -2.38. The number of piperidine rings is 1. The number of rotatable bonds is 5. The summed E-state index contributed by atoms with van der Waals surface area (Å²) in [7, 11) is -1.82. The standard InChI is InChI=1S/C13H24N2O4S/c1-19-11-12-5-8-14(9-6-12)20(17,18)15-7-3-2-4-13(15)10-16/h5,13,16H,2-4,6-11H2,1H3. The Labute approximate surface area is 121 Å². The van der Waals surface area contributed by atoms with E-state index in [-0.39, 0.29) is 12.6 Å². The summed E-state index contributed by atoms with van der Waals surface area (Å²) in [5.41, 5.74) is 1.15. The number of ether oxygens (including phenoxy) is 1. The fraction of sp³-hybridized carbons (Fsp3) is 0.846. The molecule has 0 saturated carbocycles. The molecule has 1 fully saturated rings. The smallest absolute Gasteiger partial charge is 0.282 e. The minimum Gasteiger partial charge on any atom is -0.395 e. The molecule has 0 radical (unpaired) electrons. The van der Waals surface area contributed by atoms with E-state index in [4.69, 9.17) is 4.74 Å². The normalized spacial score (nSPS) is 26.5. The summed E-state index contributed by atoms with van der Waals surface area (Å²) in [6, 6.07) is -0.266. The van der Waals surface area contributed by atoms with Crippen LogP contribution < -0.4 is 0 Å². The van der Waals surface area contributed by atoms with Gasteiger partial charge in [0.15, 0.2) is 0 Å². The lowest BCUT2D eigenvalue weighted by atomic mass is 10.1. The lowest BCUT2D eigenvalue weighted by molar-refractivity contribution is 0.147. The second-order valence-corrected chi connectivity index (χ2v) is 7.24. The van der Waals surface area contributed by atoms with Gasteiger partial charge in [-0.15, -0.1) is 0 Å². The van der Waals surface area contributed by atoms with Crippen LogP contribution in [-0.2, 0) is 14.9 Å². The molecule has 2 rings (SSSR count). The highest BCUT2D eigenvalue weighted by atomic mass is 32.2. The summed E-state index contributed by atoms with van der Waals surface area (Å²) >= 11 is 0. The van der Waals surface area contributed by atoms with Crippen molar-refractivity contribution in [3.05, 3.63) is 11.6 Å². The third-order valence-corrected chi connectivity index (χ3v) is 6.06. The zero-order valence-corrected chi connectivity index (χ0v) is 12.8. The second kappa shape index (κ2) is 7.00. The zero-order valence-electron chi connectivity index (χ0n) is 12.0. The maximum atomic E-state index is 12.7. The average molecular weight is 304 g/mol. The van der Waals surface area contributed by atoms with Gasteiger partial charge in [-0.1, -0.05) is 12.5 Å². The van der Waals surface area contributed by atoms with Gasteiger partial charge in [-0.05, 0) is 24.8 Å². The average Bonchev–Trinajstić information content (AvgIpc) is 2.48. The molecule has 1 atom stereocenters. The van der Waals surface area contributed by atoms with Crippen molar-refractivity contribution >= 4 is 10.2 Å². The first kappa shape index (κ1) is 15.9. The van der Waals surface area contributed by atoms with E-state index >= 15 is 0 Å². The Morgan fingerprint density at radius 1 is 1.40 bits per heavy atom. The monoisotopic (exact) mass is 304 g/mol. The summed E-state index contributed by atoms with van der Waals surface area (Å²) < 4.78 is 33.4. The first-order chi connectivity index (χ1) is 9.59. The molecule has 0 spiro atoms. The first-order valence-corrected chi connectivity index (χ1v) is 8.54. The van der Waals surface area contributed by atoms with Crippen LogP contribution in [0.2, 0.25) is 0 Å². The molecule has 1 saturated heterocycles. The van der Waals surface area contributed by atoms with Crippen LogP contribution >= 0.6 is 0 Å². The minimum atomic E-state index is -3.46. The number of hydrogen-bond donors (Lipinski definition) is 1. The third kappa shape index (κ3) is 3.40. The zero-order chi connectivity index (χ0) is 14.6. The lowest BCUT2D eigenvalue weighted by Crippen LogP contribution is -2.52. The molecule has 0 aromatic carbocycles. The molecule has 0 aromatic rings. The number of aliphatic hydroxyl groups excluding tert-OH is 1. The Morgan fingerprint density at radius 2 is 2.20 bits per heavy atom. The molecule has 0 aliphatic carbocycles. The molecule has 20 heavy (non-hydrogen) atoms. The molecule has 0 bridgehead atoms. The molecule has 2 heterocycles. The molecule has 2 aliphatic heterocycles. The second-order valence-electron chi connectivity index (χ2n) is 5.35. The topological polar surface area (TPSA) is 70.1 Å². The van der Waals surface area contributed by atoms with Gasteiger partial charge in [-0.2, -0.15) is 17.0 Å². The summed E-state index contributed by atoms with van der Waals surface area (Å²) in [6.45, 7) is 1.87. The van der Waals surface area contributed by atoms with Gasteiger partial charge in [0.2, 0.25) is 0 Å². The van der Waals surface area contributed by atoms with E-state index in [9.17, 15) is 13.5 Å². The Balaban J connectivity index is 2.07. The highest BCUT2D eigenvalue weighted by molar-refractivity contribution is 7.86. The van der Waals surface area contributed by atoms with E-state index in [1.54, 1.807) is 7.11 Å². The largest absolute Gasteiger partial charge is 0.395 e. The van der Waals surface area contributed by atoms with Gasteiger partial charge < -0.3 is 9.84 Å². The van der Waals surface area contributed by atoms with Gasteiger partial charge in [-0.3, -0.25) is 0 Å². The van der Waals surface area contributed by atoms with Gasteiger partial charge in [0.1, 0.15) is 0 Å². The highest BCUT2D eigenvalue weighted by Gasteiger charge is 2.36. The number of hydrogen-bond acceptors (Lipinski definition) is 4. The molecular weight excluding hydrogens is 280 g/mol. The summed E-state index contributed by atoms with van der Waals surface area (Å²) in [5, 5.41) is 9.38. The fourth-order valence-corrected chi connectivity index (χ4v) is 4.62. The van der Waals surface area contributed by atoms with E-state index in [1.165, 1.54) is 8.61 Å². The SMILES string of the molecule is COCC1=CCN(S(=O)(=O)N2CCCCC2CO)CC1. The van der Waals surface area contributed by atoms with Crippen molar-refractivity contribution in [3.8, 4) is 0 Å². The maximum absolute atomic E-state index is 12.7. The third-order valence-electron chi connectivity index (χ3n) is 4.00. The predicted octanol–water partition coefficient (Wildman–Crippen LogP) is 0.356. The van der Waals surface area contributed by atoms with E-state index in [2.05, 4.69) is 0 Å². The van der Waals surface area contributed by atoms with Crippen molar-refractivity contribution in [2.24, 2.45) is 0 Å². The van der Waals surface area contributed by atoms with Gasteiger partial charge in [0.05, 0.1) is 13.2 Å². The molecule has 6 nitrogen and oxygen atoms in total. The summed E-state index contributed by atoms with van der Waals surface area (Å²) in [4.78, 5) is 0. The molecule has 0 aromatic heterocycles. The van der Waals surface area contributed by atoms with Crippen molar-refractivity contribution in [2.75, 3.05) is 40.0 Å². The van der Waals surface area contributed by atoms with Crippen LogP contribution in [-0.4, -0.2) is 68.1 Å². The predicted molar refractivity (Wildman–Crippen MR) is 76.5 cm³/mol. The van der Waals surface area contributed by atoms with Crippen molar-refractivity contribution < 1.29 is 18.3 Å². The van der Waals surface area contributed by atoms with Crippen LogP contribution in [0.4, 0.5) is 0 Å². The Bertz CT molecular complexity index is 449. The number of aliphatic hydroxyl groups is 1. The van der Waals surface area contributed by atoms with E-state index in [0.29, 0.717) is 32.7 Å². The van der Waals surface area contributed by atoms with Crippen LogP contribution in [0.3, 0.4) is 0 Å². The quantitative estimate of drug-likeness (QED) is 0.744. The highest BCUT2D eigenvalue weighted by Crippen LogP contribution is 2.24. The molecule has 7 heteroatoms. The van der Waals surface area contributed by atoms with E-state index in [1.807, 2.05) is 6.08 Å². The summed E-state index contributed by atoms with van der Waals surface area (Å²) in [5.74, 6) is 0. The first-order valence-electron chi connectivity index (χ1n) is 7.14. The van der Waals surface area contributed by atoms with Crippen LogP contribution in [0.5, 0.6) is 0 Å².